The number of rotatable bonds is 11. The van der Waals surface area contributed by atoms with Crippen LogP contribution in [0.25, 0.3) is 0 Å². The third-order valence-electron chi connectivity index (χ3n) is 7.68. The summed E-state index contributed by atoms with van der Waals surface area (Å²) in [5.41, 5.74) is 1.10. The average molecular weight is 585 g/mol. The molecule has 4 nitrogen and oxygen atoms in total. The minimum Gasteiger partial charge on any atom is -0.497 e. The molecule has 0 aliphatic carbocycles. The van der Waals surface area contributed by atoms with Crippen LogP contribution in [0.2, 0.25) is 5.04 Å². The van der Waals surface area contributed by atoms with Crippen LogP contribution >= 0.6 is 11.8 Å². The quantitative estimate of drug-likeness (QED) is 0.176. The molecule has 0 saturated carbocycles. The lowest BCUT2D eigenvalue weighted by molar-refractivity contribution is -0.0395. The number of ether oxygens (including phenoxy) is 3. The number of benzene rings is 4. The number of thioether (sulfide) groups is 1. The first-order chi connectivity index (χ1) is 19.9. The predicted octanol–water partition coefficient (Wildman–Crippen LogP) is 7.06. The third kappa shape index (κ3) is 6.96. The Morgan fingerprint density at radius 2 is 1.34 bits per heavy atom. The molecule has 0 aromatic heterocycles. The van der Waals surface area contributed by atoms with Crippen LogP contribution in [0.15, 0.2) is 120 Å². The molecule has 0 N–H and O–H groups in total. The molecule has 1 fully saturated rings. The molecule has 0 bridgehead atoms. The Kier molecular flexibility index (Phi) is 9.68. The van der Waals surface area contributed by atoms with Gasteiger partial charge in [-0.3, -0.25) is 0 Å². The molecule has 1 aliphatic rings. The van der Waals surface area contributed by atoms with Crippen LogP contribution in [0.5, 0.6) is 5.75 Å². The van der Waals surface area contributed by atoms with Gasteiger partial charge in [0.1, 0.15) is 17.3 Å². The van der Waals surface area contributed by atoms with Crippen LogP contribution in [0, 0.1) is 0 Å². The molecule has 214 valence electrons. The molecule has 0 radical (unpaired) electrons. The summed E-state index contributed by atoms with van der Waals surface area (Å²) in [7, 11) is -1.01. The van der Waals surface area contributed by atoms with Gasteiger partial charge in [0.15, 0.2) is 0 Å². The Bertz CT molecular complexity index is 1300. The van der Waals surface area contributed by atoms with Gasteiger partial charge >= 0.3 is 0 Å². The molecule has 1 saturated heterocycles. The first-order valence-corrected chi connectivity index (χ1v) is 17.0. The van der Waals surface area contributed by atoms with E-state index in [9.17, 15) is 0 Å². The van der Waals surface area contributed by atoms with E-state index in [1.807, 2.05) is 18.2 Å². The smallest absolute Gasteiger partial charge is 0.261 e. The molecular weight excluding hydrogens is 545 g/mol. The maximum atomic E-state index is 7.27. The molecular formula is C35H40O4SSi. The standard InChI is InChI=1S/C35H40O4SSi/c1-35(2,3)41(30-16-10-6-11-17-30,31-18-12-7-13-19-31)38-26-33-32(37-25-27-20-22-28(36-4)23-21-27)24-34(39-33)40-29-14-8-5-9-15-29/h5-23,32-34H,24-26H2,1-4H3/t32-,33-,34?/m1/s1. The molecule has 1 unspecified atom stereocenters. The van der Waals surface area contributed by atoms with Crippen molar-refractivity contribution in [1.82, 2.24) is 0 Å². The zero-order valence-corrected chi connectivity index (χ0v) is 26.2. The predicted molar refractivity (Wildman–Crippen MR) is 171 cm³/mol. The fourth-order valence-electron chi connectivity index (χ4n) is 5.62. The van der Waals surface area contributed by atoms with Crippen molar-refractivity contribution in [3.8, 4) is 5.75 Å². The topological polar surface area (TPSA) is 36.9 Å². The first-order valence-electron chi connectivity index (χ1n) is 14.3. The normalized spacial score (nSPS) is 19.3. The maximum Gasteiger partial charge on any atom is 0.261 e. The van der Waals surface area contributed by atoms with Crippen molar-refractivity contribution in [3.63, 3.8) is 0 Å². The van der Waals surface area contributed by atoms with Crippen molar-refractivity contribution in [2.45, 2.75) is 61.4 Å². The second-order valence-corrected chi connectivity index (χ2v) is 17.0. The summed E-state index contributed by atoms with van der Waals surface area (Å²) in [6.45, 7) is 7.89. The van der Waals surface area contributed by atoms with Gasteiger partial charge in [0.05, 0.1) is 26.4 Å². The lowest BCUT2D eigenvalue weighted by Gasteiger charge is -2.43. The summed E-state index contributed by atoms with van der Waals surface area (Å²) in [5.74, 6) is 0.842. The highest BCUT2D eigenvalue weighted by atomic mass is 32.2. The summed E-state index contributed by atoms with van der Waals surface area (Å²) >= 11 is 1.75. The minimum absolute atomic E-state index is 0.00831. The number of hydrogen-bond acceptors (Lipinski definition) is 5. The molecule has 1 aliphatic heterocycles. The Hall–Kier alpha value is -2.87. The van der Waals surface area contributed by atoms with Gasteiger partial charge in [-0.25, -0.2) is 0 Å². The Morgan fingerprint density at radius 1 is 0.780 bits per heavy atom. The monoisotopic (exact) mass is 584 g/mol. The van der Waals surface area contributed by atoms with Gasteiger partial charge in [0, 0.05) is 11.3 Å². The van der Waals surface area contributed by atoms with Crippen molar-refractivity contribution >= 4 is 30.5 Å². The van der Waals surface area contributed by atoms with Gasteiger partial charge in [0.2, 0.25) is 0 Å². The molecule has 6 heteroatoms. The summed E-state index contributed by atoms with van der Waals surface area (Å²) in [5, 5.41) is 2.43. The van der Waals surface area contributed by atoms with E-state index in [0.29, 0.717) is 13.2 Å². The SMILES string of the molecule is COc1ccc(CO[C@@H]2CC(Sc3ccccc3)O[C@@H]2CO[Si](c2ccccc2)(c2ccccc2)C(C)(C)C)cc1. The number of hydrogen-bond donors (Lipinski definition) is 0. The van der Waals surface area contributed by atoms with E-state index in [4.69, 9.17) is 18.6 Å². The van der Waals surface area contributed by atoms with Crippen LogP contribution in [-0.4, -0.2) is 39.7 Å². The fourth-order valence-corrected chi connectivity index (χ4v) is 11.3. The van der Waals surface area contributed by atoms with Crippen LogP contribution in [0.1, 0.15) is 32.8 Å². The van der Waals surface area contributed by atoms with Crippen molar-refractivity contribution < 1.29 is 18.6 Å². The van der Waals surface area contributed by atoms with Crippen molar-refractivity contribution in [3.05, 3.63) is 121 Å². The van der Waals surface area contributed by atoms with Crippen molar-refractivity contribution in [2.24, 2.45) is 0 Å². The van der Waals surface area contributed by atoms with Crippen LogP contribution in [-0.2, 0) is 20.5 Å². The highest BCUT2D eigenvalue weighted by Gasteiger charge is 2.51. The summed E-state index contributed by atoms with van der Waals surface area (Å²) < 4.78 is 25.9. The highest BCUT2D eigenvalue weighted by Crippen LogP contribution is 2.39. The Balaban J connectivity index is 1.40. The first kappa shape index (κ1) is 29.6. The lowest BCUT2D eigenvalue weighted by atomic mass is 10.2. The van der Waals surface area contributed by atoms with E-state index in [0.717, 1.165) is 17.7 Å². The molecule has 0 amide bonds. The van der Waals surface area contributed by atoms with Gasteiger partial charge in [-0.15, -0.1) is 0 Å². The largest absolute Gasteiger partial charge is 0.497 e. The molecule has 5 rings (SSSR count). The van der Waals surface area contributed by atoms with Crippen LogP contribution in [0.4, 0.5) is 0 Å². The molecule has 4 aromatic rings. The van der Waals surface area contributed by atoms with Gasteiger partial charge in [0.25, 0.3) is 8.32 Å². The zero-order valence-electron chi connectivity index (χ0n) is 24.4. The van der Waals surface area contributed by atoms with Crippen molar-refractivity contribution in [2.75, 3.05) is 13.7 Å². The van der Waals surface area contributed by atoms with Crippen LogP contribution in [0.3, 0.4) is 0 Å². The van der Waals surface area contributed by atoms with E-state index in [2.05, 4.69) is 118 Å². The minimum atomic E-state index is -2.70. The highest BCUT2D eigenvalue weighted by molar-refractivity contribution is 7.99. The van der Waals surface area contributed by atoms with Gasteiger partial charge in [-0.2, -0.15) is 0 Å². The van der Waals surface area contributed by atoms with Gasteiger partial charge in [-0.05, 0) is 45.2 Å². The Labute approximate surface area is 250 Å². The van der Waals surface area contributed by atoms with Crippen LogP contribution < -0.4 is 15.1 Å². The second kappa shape index (κ2) is 13.4. The molecule has 0 spiro atoms. The molecule has 41 heavy (non-hydrogen) atoms. The van der Waals surface area contributed by atoms with Gasteiger partial charge < -0.3 is 18.6 Å². The average Bonchev–Trinajstić information content (AvgIpc) is 3.38. The third-order valence-corrected chi connectivity index (χ3v) is 13.8. The summed E-state index contributed by atoms with van der Waals surface area (Å²) in [4.78, 5) is 1.19. The van der Waals surface area contributed by atoms with E-state index in [-0.39, 0.29) is 22.7 Å². The van der Waals surface area contributed by atoms with E-state index in [1.165, 1.54) is 15.3 Å². The summed E-state index contributed by atoms with van der Waals surface area (Å²) in [6.07, 6.45) is 0.525. The van der Waals surface area contributed by atoms with E-state index in [1.54, 1.807) is 18.9 Å². The Morgan fingerprint density at radius 3 is 1.88 bits per heavy atom. The second-order valence-electron chi connectivity index (χ2n) is 11.4. The number of methoxy groups -OCH3 is 1. The van der Waals surface area contributed by atoms with E-state index >= 15 is 0 Å². The van der Waals surface area contributed by atoms with Crippen molar-refractivity contribution in [1.29, 1.82) is 0 Å². The zero-order chi connectivity index (χ0) is 28.7. The summed E-state index contributed by atoms with van der Waals surface area (Å²) in [6, 6.07) is 40.0. The molecule has 1 heterocycles. The molecule has 3 atom stereocenters. The van der Waals surface area contributed by atoms with Gasteiger partial charge in [-0.1, -0.05) is 124 Å². The maximum absolute atomic E-state index is 7.27. The lowest BCUT2D eigenvalue weighted by Crippen LogP contribution is -2.67. The fraction of sp³-hybridized carbons (Fsp3) is 0.314. The molecule has 4 aromatic carbocycles. The van der Waals surface area contributed by atoms with E-state index < -0.39 is 8.32 Å².